The molecule has 4 heteroatoms. The third kappa shape index (κ3) is 2.10. The SMILES string of the molecule is COCCc1nc2cc(OC)ccc2o1. The predicted molar refractivity (Wildman–Crippen MR) is 56.1 cm³/mol. The lowest BCUT2D eigenvalue weighted by molar-refractivity contribution is 0.196. The fourth-order valence-corrected chi connectivity index (χ4v) is 1.38. The number of hydrogen-bond acceptors (Lipinski definition) is 4. The van der Waals surface area contributed by atoms with Crippen LogP contribution in [0.5, 0.6) is 5.75 Å². The Labute approximate surface area is 87.8 Å². The highest BCUT2D eigenvalue weighted by Gasteiger charge is 2.06. The molecule has 1 aromatic carbocycles. The van der Waals surface area contributed by atoms with Crippen molar-refractivity contribution in [3.63, 3.8) is 0 Å². The number of rotatable bonds is 4. The van der Waals surface area contributed by atoms with Gasteiger partial charge in [0.1, 0.15) is 11.3 Å². The summed E-state index contributed by atoms with van der Waals surface area (Å²) in [5.74, 6) is 1.48. The Balaban J connectivity index is 2.29. The summed E-state index contributed by atoms with van der Waals surface area (Å²) in [5.41, 5.74) is 1.60. The fourth-order valence-electron chi connectivity index (χ4n) is 1.38. The Kier molecular flexibility index (Phi) is 2.87. The third-order valence-corrected chi connectivity index (χ3v) is 2.16. The molecule has 0 saturated carbocycles. The maximum atomic E-state index is 5.52. The average Bonchev–Trinajstić information content (AvgIpc) is 2.67. The summed E-state index contributed by atoms with van der Waals surface area (Å²) < 4.78 is 15.6. The van der Waals surface area contributed by atoms with E-state index in [1.54, 1.807) is 14.2 Å². The number of nitrogens with zero attached hydrogens (tertiary/aromatic N) is 1. The summed E-state index contributed by atoms with van der Waals surface area (Å²) in [4.78, 5) is 4.33. The van der Waals surface area contributed by atoms with E-state index < -0.39 is 0 Å². The summed E-state index contributed by atoms with van der Waals surface area (Å²) in [6.07, 6.45) is 0.688. The molecule has 0 amide bonds. The Bertz CT molecular complexity index is 450. The summed E-state index contributed by atoms with van der Waals surface area (Å²) in [5, 5.41) is 0. The van der Waals surface area contributed by atoms with Crippen molar-refractivity contribution in [1.82, 2.24) is 4.98 Å². The number of fused-ring (bicyclic) bond motifs is 1. The largest absolute Gasteiger partial charge is 0.497 e. The minimum Gasteiger partial charge on any atom is -0.497 e. The van der Waals surface area contributed by atoms with E-state index in [1.165, 1.54) is 0 Å². The van der Waals surface area contributed by atoms with E-state index in [4.69, 9.17) is 13.9 Å². The van der Waals surface area contributed by atoms with Crippen molar-refractivity contribution in [2.45, 2.75) is 6.42 Å². The molecule has 4 nitrogen and oxygen atoms in total. The monoisotopic (exact) mass is 207 g/mol. The maximum absolute atomic E-state index is 5.52. The summed E-state index contributed by atoms with van der Waals surface area (Å²) >= 11 is 0. The Morgan fingerprint density at radius 2 is 2.20 bits per heavy atom. The third-order valence-electron chi connectivity index (χ3n) is 2.16. The zero-order valence-electron chi connectivity index (χ0n) is 8.82. The Morgan fingerprint density at radius 3 is 2.93 bits per heavy atom. The van der Waals surface area contributed by atoms with Gasteiger partial charge in [-0.2, -0.15) is 0 Å². The van der Waals surface area contributed by atoms with Gasteiger partial charge in [0.05, 0.1) is 13.7 Å². The first kappa shape index (κ1) is 9.98. The van der Waals surface area contributed by atoms with Crippen LogP contribution in [0.2, 0.25) is 0 Å². The number of methoxy groups -OCH3 is 2. The highest BCUT2D eigenvalue weighted by Crippen LogP contribution is 2.21. The van der Waals surface area contributed by atoms with Gasteiger partial charge in [-0.05, 0) is 12.1 Å². The zero-order chi connectivity index (χ0) is 10.7. The highest BCUT2D eigenvalue weighted by atomic mass is 16.5. The molecular weight excluding hydrogens is 194 g/mol. The second-order valence-electron chi connectivity index (χ2n) is 3.18. The highest BCUT2D eigenvalue weighted by molar-refractivity contribution is 5.74. The van der Waals surface area contributed by atoms with Gasteiger partial charge in [0.15, 0.2) is 11.5 Å². The van der Waals surface area contributed by atoms with Gasteiger partial charge in [-0.3, -0.25) is 0 Å². The van der Waals surface area contributed by atoms with Crippen molar-refractivity contribution in [3.8, 4) is 5.75 Å². The van der Waals surface area contributed by atoms with Crippen molar-refractivity contribution in [1.29, 1.82) is 0 Å². The van der Waals surface area contributed by atoms with Gasteiger partial charge in [-0.25, -0.2) is 4.98 Å². The van der Waals surface area contributed by atoms with Gasteiger partial charge in [0, 0.05) is 19.6 Å². The van der Waals surface area contributed by atoms with Crippen LogP contribution < -0.4 is 4.74 Å². The molecule has 0 fully saturated rings. The minimum atomic E-state index is 0.615. The lowest BCUT2D eigenvalue weighted by Gasteiger charge is -1.95. The second-order valence-corrected chi connectivity index (χ2v) is 3.18. The summed E-state index contributed by atoms with van der Waals surface area (Å²) in [6.45, 7) is 0.615. The molecule has 80 valence electrons. The van der Waals surface area contributed by atoms with E-state index in [2.05, 4.69) is 4.98 Å². The Hall–Kier alpha value is -1.55. The molecule has 2 rings (SSSR count). The first-order valence-electron chi connectivity index (χ1n) is 4.76. The van der Waals surface area contributed by atoms with Crippen LogP contribution in [-0.2, 0) is 11.2 Å². The molecule has 0 radical (unpaired) electrons. The number of hydrogen-bond donors (Lipinski definition) is 0. The molecule has 0 aliphatic heterocycles. The molecule has 0 spiro atoms. The zero-order valence-corrected chi connectivity index (χ0v) is 8.82. The second kappa shape index (κ2) is 4.31. The van der Waals surface area contributed by atoms with Gasteiger partial charge in [-0.1, -0.05) is 0 Å². The van der Waals surface area contributed by atoms with Gasteiger partial charge in [0.25, 0.3) is 0 Å². The van der Waals surface area contributed by atoms with E-state index in [-0.39, 0.29) is 0 Å². The smallest absolute Gasteiger partial charge is 0.197 e. The van der Waals surface area contributed by atoms with Gasteiger partial charge >= 0.3 is 0 Å². The van der Waals surface area contributed by atoms with Crippen LogP contribution >= 0.6 is 0 Å². The van der Waals surface area contributed by atoms with Crippen LogP contribution in [0.1, 0.15) is 5.89 Å². The standard InChI is InChI=1S/C11H13NO3/c1-13-6-5-11-12-9-7-8(14-2)3-4-10(9)15-11/h3-4,7H,5-6H2,1-2H3. The van der Waals surface area contributed by atoms with Crippen LogP contribution in [0.25, 0.3) is 11.1 Å². The quantitative estimate of drug-likeness (QED) is 0.769. The molecule has 1 aromatic heterocycles. The average molecular weight is 207 g/mol. The molecule has 15 heavy (non-hydrogen) atoms. The topological polar surface area (TPSA) is 44.5 Å². The lowest BCUT2D eigenvalue weighted by atomic mass is 10.3. The van der Waals surface area contributed by atoms with Crippen LogP contribution in [0.4, 0.5) is 0 Å². The van der Waals surface area contributed by atoms with Crippen LogP contribution in [0.3, 0.4) is 0 Å². The molecule has 0 aliphatic rings. The van der Waals surface area contributed by atoms with Crippen molar-refractivity contribution < 1.29 is 13.9 Å². The van der Waals surface area contributed by atoms with Crippen molar-refractivity contribution >= 4 is 11.1 Å². The number of oxazole rings is 1. The predicted octanol–water partition coefficient (Wildman–Crippen LogP) is 2.03. The molecule has 0 bridgehead atoms. The molecule has 1 heterocycles. The minimum absolute atomic E-state index is 0.615. The van der Waals surface area contributed by atoms with E-state index in [0.717, 1.165) is 16.8 Å². The maximum Gasteiger partial charge on any atom is 0.197 e. The molecule has 0 atom stereocenters. The number of aromatic nitrogens is 1. The molecular formula is C11H13NO3. The van der Waals surface area contributed by atoms with E-state index in [1.807, 2.05) is 18.2 Å². The first-order chi connectivity index (χ1) is 7.33. The van der Waals surface area contributed by atoms with Gasteiger partial charge < -0.3 is 13.9 Å². The van der Waals surface area contributed by atoms with Crippen LogP contribution in [0, 0.1) is 0 Å². The van der Waals surface area contributed by atoms with E-state index >= 15 is 0 Å². The normalized spacial score (nSPS) is 10.8. The Morgan fingerprint density at radius 1 is 1.33 bits per heavy atom. The van der Waals surface area contributed by atoms with Gasteiger partial charge in [-0.15, -0.1) is 0 Å². The van der Waals surface area contributed by atoms with Crippen molar-refractivity contribution in [2.24, 2.45) is 0 Å². The number of ether oxygens (including phenoxy) is 2. The molecule has 0 unspecified atom stereocenters. The van der Waals surface area contributed by atoms with Gasteiger partial charge in [0.2, 0.25) is 0 Å². The van der Waals surface area contributed by atoms with E-state index in [0.29, 0.717) is 18.9 Å². The molecule has 0 saturated heterocycles. The van der Waals surface area contributed by atoms with Crippen LogP contribution in [-0.4, -0.2) is 25.8 Å². The van der Waals surface area contributed by atoms with Crippen molar-refractivity contribution in [2.75, 3.05) is 20.8 Å². The van der Waals surface area contributed by atoms with E-state index in [9.17, 15) is 0 Å². The summed E-state index contributed by atoms with van der Waals surface area (Å²) in [6, 6.07) is 5.57. The fraction of sp³-hybridized carbons (Fsp3) is 0.364. The molecule has 0 aliphatic carbocycles. The number of benzene rings is 1. The lowest BCUT2D eigenvalue weighted by Crippen LogP contribution is -1.93. The molecule has 2 aromatic rings. The van der Waals surface area contributed by atoms with Crippen molar-refractivity contribution in [3.05, 3.63) is 24.1 Å². The molecule has 0 N–H and O–H groups in total. The van der Waals surface area contributed by atoms with Crippen LogP contribution in [0.15, 0.2) is 22.6 Å². The summed E-state index contributed by atoms with van der Waals surface area (Å²) in [7, 11) is 3.29. The first-order valence-corrected chi connectivity index (χ1v) is 4.76.